The summed E-state index contributed by atoms with van der Waals surface area (Å²) in [4.78, 5) is 13.3. The van der Waals surface area contributed by atoms with Gasteiger partial charge in [0.15, 0.2) is 0 Å². The van der Waals surface area contributed by atoms with E-state index in [1.807, 2.05) is 24.3 Å². The third kappa shape index (κ3) is 3.88. The molecule has 4 heteroatoms. The van der Waals surface area contributed by atoms with Crippen LogP contribution >= 0.6 is 0 Å². The zero-order valence-electron chi connectivity index (χ0n) is 12.5. The number of aromatic carboxylic acids is 1. The summed E-state index contributed by atoms with van der Waals surface area (Å²) in [6, 6.07) is 11.9. The van der Waals surface area contributed by atoms with Crippen LogP contribution in [0.1, 0.15) is 41.6 Å². The van der Waals surface area contributed by atoms with Crippen LogP contribution in [0.3, 0.4) is 0 Å². The molecular weight excluding hydrogens is 266 g/mol. The Labute approximate surface area is 125 Å². The zero-order valence-corrected chi connectivity index (χ0v) is 12.5. The second-order valence-corrected chi connectivity index (χ2v) is 5.14. The molecule has 0 bridgehead atoms. The number of carboxylic acids is 1. The number of rotatable bonds is 7. The first-order valence-corrected chi connectivity index (χ1v) is 7.24. The molecule has 0 radical (unpaired) electrons. The maximum absolute atomic E-state index is 11.1. The Hall–Kier alpha value is -2.23. The maximum atomic E-state index is 11.1. The topological polar surface area (TPSA) is 53.7 Å². The minimum atomic E-state index is -1.02. The highest BCUT2D eigenvalue weighted by Crippen LogP contribution is 2.21. The first kappa shape index (κ1) is 15.2. The number of hydrogen-bond acceptors (Lipinski definition) is 3. The lowest BCUT2D eigenvalue weighted by Crippen LogP contribution is -2.23. The van der Waals surface area contributed by atoms with Gasteiger partial charge >= 0.3 is 5.97 Å². The van der Waals surface area contributed by atoms with Crippen LogP contribution in [0.4, 0.5) is 5.69 Å². The van der Waals surface area contributed by atoms with Crippen LogP contribution in [0.2, 0.25) is 0 Å². The molecule has 2 aromatic rings. The predicted octanol–water partition coefficient (Wildman–Crippen LogP) is 4.09. The molecule has 0 unspecified atom stereocenters. The molecule has 1 N–H and O–H groups in total. The molecule has 1 aromatic heterocycles. The van der Waals surface area contributed by atoms with Gasteiger partial charge in [0.1, 0.15) is 5.76 Å². The first-order chi connectivity index (χ1) is 10.1. The fraction of sp³-hybridized carbons (Fsp3) is 0.353. The van der Waals surface area contributed by atoms with Crippen molar-refractivity contribution in [2.24, 2.45) is 0 Å². The number of furan rings is 1. The fourth-order valence-electron chi connectivity index (χ4n) is 2.31. The summed E-state index contributed by atoms with van der Waals surface area (Å²) < 4.78 is 5.47. The Morgan fingerprint density at radius 2 is 2.00 bits per heavy atom. The number of anilines is 1. The van der Waals surface area contributed by atoms with Crippen molar-refractivity contribution in [2.45, 2.75) is 33.2 Å². The molecule has 1 heterocycles. The Balaban J connectivity index is 2.19. The monoisotopic (exact) mass is 287 g/mol. The number of benzene rings is 1. The van der Waals surface area contributed by atoms with Crippen LogP contribution in [-0.4, -0.2) is 17.6 Å². The molecule has 0 aliphatic rings. The maximum Gasteiger partial charge on any atom is 0.372 e. The summed E-state index contributed by atoms with van der Waals surface area (Å²) in [6.07, 6.45) is 2.20. The molecule has 2 rings (SSSR count). The quantitative estimate of drug-likeness (QED) is 0.833. The molecule has 21 heavy (non-hydrogen) atoms. The van der Waals surface area contributed by atoms with E-state index in [-0.39, 0.29) is 5.76 Å². The average Bonchev–Trinajstić information content (AvgIpc) is 2.85. The highest BCUT2D eigenvalue weighted by atomic mass is 16.4. The summed E-state index contributed by atoms with van der Waals surface area (Å²) in [7, 11) is 0. The summed E-state index contributed by atoms with van der Waals surface area (Å²) in [5, 5.41) is 9.06. The van der Waals surface area contributed by atoms with Gasteiger partial charge < -0.3 is 14.4 Å². The van der Waals surface area contributed by atoms with Crippen molar-refractivity contribution in [2.75, 3.05) is 11.4 Å². The fourth-order valence-corrected chi connectivity index (χ4v) is 2.31. The minimum absolute atomic E-state index is 0.0357. The highest BCUT2D eigenvalue weighted by molar-refractivity contribution is 5.86. The molecule has 0 aliphatic carbocycles. The molecule has 0 amide bonds. The predicted molar refractivity (Wildman–Crippen MR) is 82.8 cm³/mol. The molecule has 0 spiro atoms. The van der Waals surface area contributed by atoms with E-state index in [2.05, 4.69) is 24.0 Å². The van der Waals surface area contributed by atoms with E-state index < -0.39 is 5.97 Å². The Morgan fingerprint density at radius 1 is 1.29 bits per heavy atom. The Bertz CT molecular complexity index is 589. The Kier molecular flexibility index (Phi) is 5.04. The molecule has 0 fully saturated rings. The van der Waals surface area contributed by atoms with Crippen LogP contribution in [0.5, 0.6) is 0 Å². The van der Waals surface area contributed by atoms with Crippen molar-refractivity contribution in [3.05, 3.63) is 53.5 Å². The molecule has 1 aromatic carbocycles. The average molecular weight is 287 g/mol. The number of hydrogen-bond donors (Lipinski definition) is 1. The number of para-hydroxylation sites is 1. The molecular formula is C17H21NO3. The van der Waals surface area contributed by atoms with Gasteiger partial charge in [-0.2, -0.15) is 0 Å². The zero-order chi connectivity index (χ0) is 15.2. The van der Waals surface area contributed by atoms with Crippen LogP contribution < -0.4 is 4.90 Å². The second-order valence-electron chi connectivity index (χ2n) is 5.14. The number of nitrogens with zero attached hydrogens (tertiary/aromatic N) is 1. The van der Waals surface area contributed by atoms with Gasteiger partial charge in [0.25, 0.3) is 0 Å². The van der Waals surface area contributed by atoms with Crippen LogP contribution in [-0.2, 0) is 6.54 Å². The van der Waals surface area contributed by atoms with E-state index in [1.54, 1.807) is 6.92 Å². The molecule has 0 atom stereocenters. The van der Waals surface area contributed by atoms with Gasteiger partial charge in [-0.1, -0.05) is 31.5 Å². The summed E-state index contributed by atoms with van der Waals surface area (Å²) >= 11 is 0. The van der Waals surface area contributed by atoms with Crippen molar-refractivity contribution >= 4 is 11.7 Å². The lowest BCUT2D eigenvalue weighted by Gasteiger charge is -2.23. The summed E-state index contributed by atoms with van der Waals surface area (Å²) in [5.41, 5.74) is 1.79. The van der Waals surface area contributed by atoms with Gasteiger partial charge in [-0.25, -0.2) is 4.79 Å². The third-order valence-corrected chi connectivity index (χ3v) is 3.41. The number of carboxylic acid groups (broad SMARTS) is 1. The van der Waals surface area contributed by atoms with Crippen LogP contribution in [0, 0.1) is 6.92 Å². The van der Waals surface area contributed by atoms with E-state index in [4.69, 9.17) is 9.52 Å². The molecule has 0 saturated carbocycles. The lowest BCUT2D eigenvalue weighted by molar-refractivity contribution is 0.0659. The largest absolute Gasteiger partial charge is 0.475 e. The Morgan fingerprint density at radius 3 is 2.57 bits per heavy atom. The van der Waals surface area contributed by atoms with Crippen molar-refractivity contribution in [1.82, 2.24) is 0 Å². The first-order valence-electron chi connectivity index (χ1n) is 7.24. The van der Waals surface area contributed by atoms with E-state index in [0.717, 1.165) is 25.1 Å². The number of carbonyl (C=O) groups is 1. The molecule has 0 aliphatic heterocycles. The van der Waals surface area contributed by atoms with Crippen molar-refractivity contribution < 1.29 is 14.3 Å². The molecule has 112 valence electrons. The highest BCUT2D eigenvalue weighted by Gasteiger charge is 2.16. The van der Waals surface area contributed by atoms with Crippen molar-refractivity contribution in [1.29, 1.82) is 0 Å². The lowest BCUT2D eigenvalue weighted by atomic mass is 10.2. The smallest absolute Gasteiger partial charge is 0.372 e. The van der Waals surface area contributed by atoms with Gasteiger partial charge in [0.05, 0.1) is 6.54 Å². The van der Waals surface area contributed by atoms with E-state index in [9.17, 15) is 4.79 Å². The summed E-state index contributed by atoms with van der Waals surface area (Å²) in [6.45, 7) is 5.42. The van der Waals surface area contributed by atoms with Crippen molar-refractivity contribution in [3.63, 3.8) is 0 Å². The van der Waals surface area contributed by atoms with E-state index in [0.29, 0.717) is 17.9 Å². The standard InChI is InChI=1S/C17H21NO3/c1-3-4-10-18(14-8-6-5-7-9-14)12-15-11-13(2)16(21-15)17(19)20/h5-9,11H,3-4,10,12H2,1-2H3,(H,19,20). The third-order valence-electron chi connectivity index (χ3n) is 3.41. The van der Waals surface area contributed by atoms with Crippen molar-refractivity contribution in [3.8, 4) is 0 Å². The number of unbranched alkanes of at least 4 members (excludes halogenated alkanes) is 1. The SMILES string of the molecule is CCCCN(Cc1cc(C)c(C(=O)O)o1)c1ccccc1. The molecule has 4 nitrogen and oxygen atoms in total. The van der Waals surface area contributed by atoms with Gasteiger partial charge in [-0.05, 0) is 31.5 Å². The van der Waals surface area contributed by atoms with E-state index in [1.165, 1.54) is 0 Å². The minimum Gasteiger partial charge on any atom is -0.475 e. The van der Waals surface area contributed by atoms with Crippen LogP contribution in [0.15, 0.2) is 40.8 Å². The molecule has 0 saturated heterocycles. The van der Waals surface area contributed by atoms with E-state index >= 15 is 0 Å². The van der Waals surface area contributed by atoms with Gasteiger partial charge in [0.2, 0.25) is 5.76 Å². The van der Waals surface area contributed by atoms with Gasteiger partial charge in [-0.3, -0.25) is 0 Å². The second kappa shape index (κ2) is 6.97. The van der Waals surface area contributed by atoms with Gasteiger partial charge in [0, 0.05) is 17.8 Å². The van der Waals surface area contributed by atoms with Crippen LogP contribution in [0.25, 0.3) is 0 Å². The summed E-state index contributed by atoms with van der Waals surface area (Å²) in [5.74, 6) is -0.295. The van der Waals surface area contributed by atoms with Gasteiger partial charge in [-0.15, -0.1) is 0 Å². The normalized spacial score (nSPS) is 10.6. The number of aryl methyl sites for hydroxylation is 1.